The number of methoxy groups -OCH3 is 3. The van der Waals surface area contributed by atoms with Crippen LogP contribution in [0.5, 0.6) is 11.5 Å². The van der Waals surface area contributed by atoms with E-state index in [1.165, 1.54) is 7.11 Å². The molecule has 2 aromatic rings. The number of carbonyl (C=O) groups is 1. The molecule has 3 rings (SSSR count). The van der Waals surface area contributed by atoms with Crippen LogP contribution < -0.4 is 14.4 Å². The number of ether oxygens (including phenoxy) is 3. The van der Waals surface area contributed by atoms with Gasteiger partial charge in [0.2, 0.25) is 0 Å². The van der Waals surface area contributed by atoms with E-state index in [4.69, 9.17) is 25.8 Å². The van der Waals surface area contributed by atoms with Crippen LogP contribution in [0.25, 0.3) is 0 Å². The maximum atomic E-state index is 12.1. The Morgan fingerprint density at radius 3 is 2.27 bits per heavy atom. The lowest BCUT2D eigenvalue weighted by Crippen LogP contribution is -2.18. The third-order valence-electron chi connectivity index (χ3n) is 4.23. The maximum absolute atomic E-state index is 12.1. The molecule has 1 saturated carbocycles. The van der Waals surface area contributed by atoms with Crippen molar-refractivity contribution in [1.29, 1.82) is 0 Å². The van der Waals surface area contributed by atoms with Crippen molar-refractivity contribution in [3.63, 3.8) is 0 Å². The zero-order valence-electron chi connectivity index (χ0n) is 15.1. The van der Waals surface area contributed by atoms with Crippen molar-refractivity contribution >= 4 is 29.1 Å². The van der Waals surface area contributed by atoms with Crippen LogP contribution in [-0.4, -0.2) is 44.3 Å². The molecular weight excluding hydrogens is 358 g/mol. The second-order valence-corrected chi connectivity index (χ2v) is 6.28. The van der Waals surface area contributed by atoms with Crippen LogP contribution >= 0.6 is 11.6 Å². The Balaban J connectivity index is 2.17. The van der Waals surface area contributed by atoms with Crippen LogP contribution in [0, 0.1) is 0 Å². The third kappa shape index (κ3) is 3.26. The van der Waals surface area contributed by atoms with E-state index >= 15 is 0 Å². The van der Waals surface area contributed by atoms with Crippen molar-refractivity contribution in [3.8, 4) is 11.5 Å². The Labute approximate surface area is 156 Å². The first-order chi connectivity index (χ1) is 12.5. The van der Waals surface area contributed by atoms with Crippen LogP contribution in [0.15, 0.2) is 18.2 Å². The topological polar surface area (TPSA) is 73.8 Å². The monoisotopic (exact) mass is 377 g/mol. The number of aromatic nitrogens is 2. The Morgan fingerprint density at radius 1 is 1.15 bits per heavy atom. The lowest BCUT2D eigenvalue weighted by molar-refractivity contribution is 0.0593. The zero-order chi connectivity index (χ0) is 18.8. The predicted octanol–water partition coefficient (Wildman–Crippen LogP) is 3.58. The number of hydrogen-bond acceptors (Lipinski definition) is 7. The molecule has 1 fully saturated rings. The van der Waals surface area contributed by atoms with E-state index in [0.717, 1.165) is 12.8 Å². The summed E-state index contributed by atoms with van der Waals surface area (Å²) >= 11 is 6.47. The standard InChI is InChI=1S/C18H20ClN3O4/c1-22(15-11(24-2)6-5-7-12(15)25-3)17-13(19)14(18(23)26-4)20-16(21-17)10-8-9-10/h5-7,10H,8-9H2,1-4H3. The highest BCUT2D eigenvalue weighted by Crippen LogP contribution is 2.44. The van der Waals surface area contributed by atoms with E-state index in [0.29, 0.717) is 28.8 Å². The van der Waals surface area contributed by atoms with Gasteiger partial charge in [0.25, 0.3) is 0 Å². The van der Waals surface area contributed by atoms with Crippen molar-refractivity contribution in [1.82, 2.24) is 9.97 Å². The number of halogens is 1. The SMILES string of the molecule is COC(=O)c1nc(C2CC2)nc(N(C)c2c(OC)cccc2OC)c1Cl. The second-order valence-electron chi connectivity index (χ2n) is 5.90. The average Bonchev–Trinajstić information content (AvgIpc) is 3.51. The number of hydrogen-bond donors (Lipinski definition) is 0. The maximum Gasteiger partial charge on any atom is 0.358 e. The van der Waals surface area contributed by atoms with E-state index in [1.54, 1.807) is 26.2 Å². The summed E-state index contributed by atoms with van der Waals surface area (Å²) in [5.41, 5.74) is 0.706. The summed E-state index contributed by atoms with van der Waals surface area (Å²) in [6.07, 6.45) is 1.98. The molecule has 0 radical (unpaired) electrons. The molecule has 7 nitrogen and oxygen atoms in total. The first kappa shape index (κ1) is 18.3. The Morgan fingerprint density at radius 2 is 1.77 bits per heavy atom. The first-order valence-corrected chi connectivity index (χ1v) is 8.50. The number of anilines is 2. The van der Waals surface area contributed by atoms with Crippen molar-refractivity contribution in [2.24, 2.45) is 0 Å². The summed E-state index contributed by atoms with van der Waals surface area (Å²) in [5.74, 6) is 1.81. The minimum absolute atomic E-state index is 0.0572. The van der Waals surface area contributed by atoms with Gasteiger partial charge in [-0.05, 0) is 25.0 Å². The number of para-hydroxylation sites is 1. The Kier molecular flexibility index (Phi) is 5.18. The lowest BCUT2D eigenvalue weighted by atomic mass is 10.2. The zero-order valence-corrected chi connectivity index (χ0v) is 15.8. The highest BCUT2D eigenvalue weighted by molar-refractivity contribution is 6.35. The van der Waals surface area contributed by atoms with E-state index in [9.17, 15) is 4.79 Å². The molecule has 1 aliphatic rings. The van der Waals surface area contributed by atoms with E-state index in [1.807, 2.05) is 18.2 Å². The molecule has 1 aliphatic carbocycles. The van der Waals surface area contributed by atoms with Gasteiger partial charge in [-0.25, -0.2) is 14.8 Å². The Hall–Kier alpha value is -2.54. The fraction of sp³-hybridized carbons (Fsp3) is 0.389. The molecule has 0 N–H and O–H groups in total. The summed E-state index contributed by atoms with van der Waals surface area (Å²) in [7, 11) is 6.23. The van der Waals surface area contributed by atoms with E-state index in [2.05, 4.69) is 9.97 Å². The molecule has 0 atom stereocenters. The molecule has 0 unspecified atom stereocenters. The summed E-state index contributed by atoms with van der Waals surface area (Å²) < 4.78 is 15.7. The quantitative estimate of drug-likeness (QED) is 0.712. The van der Waals surface area contributed by atoms with Crippen LogP contribution in [0.4, 0.5) is 11.5 Å². The van der Waals surface area contributed by atoms with Crippen molar-refractivity contribution < 1.29 is 19.0 Å². The fourth-order valence-corrected chi connectivity index (χ4v) is 2.99. The highest BCUT2D eigenvalue weighted by atomic mass is 35.5. The van der Waals surface area contributed by atoms with Gasteiger partial charge in [0.1, 0.15) is 28.0 Å². The number of esters is 1. The largest absolute Gasteiger partial charge is 0.494 e. The van der Waals surface area contributed by atoms with Crippen LogP contribution in [0.2, 0.25) is 5.02 Å². The Bertz CT molecular complexity index is 817. The molecule has 26 heavy (non-hydrogen) atoms. The second kappa shape index (κ2) is 7.37. The molecule has 138 valence electrons. The van der Waals surface area contributed by atoms with E-state index in [-0.39, 0.29) is 16.6 Å². The number of nitrogens with zero attached hydrogens (tertiary/aromatic N) is 3. The molecule has 8 heteroatoms. The van der Waals surface area contributed by atoms with Crippen LogP contribution in [0.1, 0.15) is 35.1 Å². The number of rotatable bonds is 6. The molecule has 1 heterocycles. The fourth-order valence-electron chi connectivity index (χ4n) is 2.70. The minimum Gasteiger partial charge on any atom is -0.494 e. The molecule has 0 bridgehead atoms. The van der Waals surface area contributed by atoms with E-state index < -0.39 is 5.97 Å². The molecule has 0 aliphatic heterocycles. The summed E-state index contributed by atoms with van der Waals surface area (Å²) in [6, 6.07) is 5.45. The molecule has 0 amide bonds. The van der Waals surface area contributed by atoms with Crippen molar-refractivity contribution in [2.45, 2.75) is 18.8 Å². The molecule has 0 saturated heterocycles. The molecule has 1 aromatic heterocycles. The molecular formula is C18H20ClN3O4. The molecule has 0 spiro atoms. The number of benzene rings is 1. The van der Waals surface area contributed by atoms with Gasteiger partial charge >= 0.3 is 5.97 Å². The van der Waals surface area contributed by atoms with Gasteiger partial charge < -0.3 is 19.1 Å². The van der Waals surface area contributed by atoms with Gasteiger partial charge in [-0.2, -0.15) is 0 Å². The van der Waals surface area contributed by atoms with Gasteiger partial charge in [0.15, 0.2) is 11.5 Å². The first-order valence-electron chi connectivity index (χ1n) is 8.12. The van der Waals surface area contributed by atoms with Gasteiger partial charge in [0, 0.05) is 13.0 Å². The summed E-state index contributed by atoms with van der Waals surface area (Å²) in [6.45, 7) is 0. The third-order valence-corrected chi connectivity index (χ3v) is 4.58. The van der Waals surface area contributed by atoms with Crippen LogP contribution in [-0.2, 0) is 4.74 Å². The van der Waals surface area contributed by atoms with Crippen molar-refractivity contribution in [3.05, 3.63) is 34.7 Å². The predicted molar refractivity (Wildman–Crippen MR) is 98.0 cm³/mol. The minimum atomic E-state index is -0.596. The number of carbonyl (C=O) groups excluding carboxylic acids is 1. The highest BCUT2D eigenvalue weighted by Gasteiger charge is 2.32. The van der Waals surface area contributed by atoms with Gasteiger partial charge in [-0.3, -0.25) is 0 Å². The van der Waals surface area contributed by atoms with Gasteiger partial charge in [-0.15, -0.1) is 0 Å². The summed E-state index contributed by atoms with van der Waals surface area (Å²) in [5, 5.41) is 0.122. The summed E-state index contributed by atoms with van der Waals surface area (Å²) in [4.78, 5) is 22.8. The van der Waals surface area contributed by atoms with Crippen molar-refractivity contribution in [2.75, 3.05) is 33.3 Å². The molecule has 1 aromatic carbocycles. The lowest BCUT2D eigenvalue weighted by Gasteiger charge is -2.24. The van der Waals surface area contributed by atoms with Gasteiger partial charge in [-0.1, -0.05) is 17.7 Å². The average molecular weight is 378 g/mol. The smallest absolute Gasteiger partial charge is 0.358 e. The van der Waals surface area contributed by atoms with Crippen LogP contribution in [0.3, 0.4) is 0 Å². The van der Waals surface area contributed by atoms with Gasteiger partial charge in [0.05, 0.1) is 21.3 Å². The normalized spacial score (nSPS) is 13.3.